The quantitative estimate of drug-likeness (QED) is 0.678. The lowest BCUT2D eigenvalue weighted by Crippen LogP contribution is -2.23. The molecule has 1 aliphatic heterocycles. The van der Waals surface area contributed by atoms with Crippen molar-refractivity contribution in [1.29, 1.82) is 0 Å². The van der Waals surface area contributed by atoms with E-state index >= 15 is 0 Å². The maximum absolute atomic E-state index is 8.55. The van der Waals surface area contributed by atoms with Gasteiger partial charge in [-0.1, -0.05) is 0 Å². The summed E-state index contributed by atoms with van der Waals surface area (Å²) in [5, 5.41) is 8.55. The SMILES string of the molecule is OBOc1cnc(N2CC3CC3C2)nc1. The zero-order valence-corrected chi connectivity index (χ0v) is 8.33. The molecule has 2 heterocycles. The van der Waals surface area contributed by atoms with Gasteiger partial charge < -0.3 is 14.6 Å². The molecule has 5 nitrogen and oxygen atoms in total. The second-order valence-electron chi connectivity index (χ2n) is 4.15. The zero-order valence-electron chi connectivity index (χ0n) is 8.33. The van der Waals surface area contributed by atoms with Crippen molar-refractivity contribution in [1.82, 2.24) is 9.97 Å². The second kappa shape index (κ2) is 3.38. The molecule has 1 aromatic heterocycles. The molecule has 15 heavy (non-hydrogen) atoms. The lowest BCUT2D eigenvalue weighted by atomic mass is 10.4. The first kappa shape index (κ1) is 8.97. The molecule has 0 bridgehead atoms. The van der Waals surface area contributed by atoms with Gasteiger partial charge in [0.25, 0.3) is 0 Å². The molecule has 1 aromatic rings. The molecular formula is C9H12BN3O2. The lowest BCUT2D eigenvalue weighted by Gasteiger charge is -2.17. The molecule has 2 atom stereocenters. The Labute approximate surface area is 88.4 Å². The van der Waals surface area contributed by atoms with Gasteiger partial charge in [0.05, 0.1) is 12.4 Å². The number of fused-ring (bicyclic) bond motifs is 1. The van der Waals surface area contributed by atoms with Crippen LogP contribution in [0.2, 0.25) is 0 Å². The van der Waals surface area contributed by atoms with Crippen molar-refractivity contribution in [3.8, 4) is 5.75 Å². The van der Waals surface area contributed by atoms with Gasteiger partial charge in [0.1, 0.15) is 5.75 Å². The number of piperidine rings is 1. The minimum absolute atomic E-state index is 0.337. The Morgan fingerprint density at radius 1 is 1.33 bits per heavy atom. The largest absolute Gasteiger partial charge is 0.537 e. The van der Waals surface area contributed by atoms with E-state index < -0.39 is 0 Å². The Morgan fingerprint density at radius 2 is 2.00 bits per heavy atom. The minimum Gasteiger partial charge on any atom is -0.537 e. The molecule has 2 aliphatic rings. The van der Waals surface area contributed by atoms with Gasteiger partial charge in [0, 0.05) is 13.1 Å². The predicted octanol–water partition coefficient (Wildman–Crippen LogP) is -0.430. The van der Waals surface area contributed by atoms with Crippen LogP contribution >= 0.6 is 0 Å². The van der Waals surface area contributed by atoms with Crippen LogP contribution in [0.3, 0.4) is 0 Å². The monoisotopic (exact) mass is 205 g/mol. The summed E-state index contributed by atoms with van der Waals surface area (Å²) in [6.07, 6.45) is 4.58. The molecule has 2 fully saturated rings. The fourth-order valence-corrected chi connectivity index (χ4v) is 2.18. The van der Waals surface area contributed by atoms with Gasteiger partial charge in [-0.2, -0.15) is 0 Å². The Hall–Kier alpha value is -1.30. The van der Waals surface area contributed by atoms with Crippen LogP contribution in [0.15, 0.2) is 12.4 Å². The van der Waals surface area contributed by atoms with Gasteiger partial charge >= 0.3 is 7.69 Å². The van der Waals surface area contributed by atoms with E-state index in [-0.39, 0.29) is 7.69 Å². The van der Waals surface area contributed by atoms with Crippen LogP contribution < -0.4 is 9.55 Å². The molecule has 3 rings (SSSR count). The number of hydrogen-bond donors (Lipinski definition) is 1. The van der Waals surface area contributed by atoms with E-state index in [9.17, 15) is 0 Å². The summed E-state index contributed by atoms with van der Waals surface area (Å²) in [7, 11) is -0.337. The Bertz CT molecular complexity index is 349. The summed E-state index contributed by atoms with van der Waals surface area (Å²) in [6, 6.07) is 0. The molecule has 0 aromatic carbocycles. The van der Waals surface area contributed by atoms with E-state index in [1.165, 1.54) is 6.42 Å². The molecule has 78 valence electrons. The fourth-order valence-electron chi connectivity index (χ4n) is 2.18. The van der Waals surface area contributed by atoms with Crippen molar-refractivity contribution in [2.75, 3.05) is 18.0 Å². The molecule has 0 radical (unpaired) electrons. The maximum Gasteiger partial charge on any atom is 0.504 e. The number of hydrogen-bond acceptors (Lipinski definition) is 5. The van der Waals surface area contributed by atoms with E-state index in [2.05, 4.69) is 14.9 Å². The average Bonchev–Trinajstić information content (AvgIpc) is 2.87. The van der Waals surface area contributed by atoms with Crippen molar-refractivity contribution in [3.05, 3.63) is 12.4 Å². The summed E-state index contributed by atoms with van der Waals surface area (Å²) in [5.41, 5.74) is 0. The normalized spacial score (nSPS) is 27.4. The van der Waals surface area contributed by atoms with Crippen LogP contribution in [0.4, 0.5) is 5.95 Å². The van der Waals surface area contributed by atoms with E-state index in [1.807, 2.05) is 0 Å². The van der Waals surface area contributed by atoms with E-state index in [0.717, 1.165) is 30.9 Å². The van der Waals surface area contributed by atoms with Crippen LogP contribution in [0.25, 0.3) is 0 Å². The summed E-state index contributed by atoms with van der Waals surface area (Å²) >= 11 is 0. The zero-order chi connectivity index (χ0) is 10.3. The molecular weight excluding hydrogens is 193 g/mol. The molecule has 0 amide bonds. The highest BCUT2D eigenvalue weighted by molar-refractivity contribution is 6.17. The van der Waals surface area contributed by atoms with E-state index in [1.54, 1.807) is 12.4 Å². The highest BCUT2D eigenvalue weighted by atomic mass is 16.5. The van der Waals surface area contributed by atoms with E-state index in [4.69, 9.17) is 9.68 Å². The molecule has 1 saturated carbocycles. The van der Waals surface area contributed by atoms with Gasteiger partial charge in [-0.25, -0.2) is 9.97 Å². The third-order valence-electron chi connectivity index (χ3n) is 3.11. The topological polar surface area (TPSA) is 58.5 Å². The van der Waals surface area contributed by atoms with Crippen LogP contribution in [-0.4, -0.2) is 35.8 Å². The smallest absolute Gasteiger partial charge is 0.504 e. The van der Waals surface area contributed by atoms with Gasteiger partial charge in [-0.15, -0.1) is 0 Å². The van der Waals surface area contributed by atoms with Crippen molar-refractivity contribution >= 4 is 13.6 Å². The van der Waals surface area contributed by atoms with Gasteiger partial charge in [-0.3, -0.25) is 0 Å². The first-order valence-corrected chi connectivity index (χ1v) is 5.17. The average molecular weight is 205 g/mol. The van der Waals surface area contributed by atoms with Crippen molar-refractivity contribution in [2.24, 2.45) is 11.8 Å². The minimum atomic E-state index is -0.337. The molecule has 2 unspecified atom stereocenters. The van der Waals surface area contributed by atoms with Crippen LogP contribution in [-0.2, 0) is 0 Å². The standard InChI is InChI=1S/C9H12BN3O2/c14-10-15-8-2-11-9(12-3-8)13-4-6-1-7(6)5-13/h2-3,6-7,10,14H,1,4-5H2. The second-order valence-corrected chi connectivity index (χ2v) is 4.15. The molecule has 6 heteroatoms. The van der Waals surface area contributed by atoms with Gasteiger partial charge in [-0.05, 0) is 18.3 Å². The van der Waals surface area contributed by atoms with E-state index in [0.29, 0.717) is 5.75 Å². The van der Waals surface area contributed by atoms with Crippen molar-refractivity contribution < 1.29 is 9.68 Å². The molecule has 1 N–H and O–H groups in total. The Kier molecular flexibility index (Phi) is 2.02. The van der Waals surface area contributed by atoms with Crippen molar-refractivity contribution in [2.45, 2.75) is 6.42 Å². The summed E-state index contributed by atoms with van der Waals surface area (Å²) in [6.45, 7) is 2.18. The first-order chi connectivity index (χ1) is 7.36. The van der Waals surface area contributed by atoms with Gasteiger partial charge in [0.15, 0.2) is 0 Å². The highest BCUT2D eigenvalue weighted by Crippen LogP contribution is 2.45. The number of nitrogens with zero attached hydrogens (tertiary/aromatic N) is 3. The number of anilines is 1. The van der Waals surface area contributed by atoms with Crippen LogP contribution in [0, 0.1) is 11.8 Å². The fraction of sp³-hybridized carbons (Fsp3) is 0.556. The molecule has 1 aliphatic carbocycles. The van der Waals surface area contributed by atoms with Gasteiger partial charge in [0.2, 0.25) is 5.95 Å². The third-order valence-corrected chi connectivity index (χ3v) is 3.11. The highest BCUT2D eigenvalue weighted by Gasteiger charge is 2.45. The maximum atomic E-state index is 8.55. The summed E-state index contributed by atoms with van der Waals surface area (Å²) in [4.78, 5) is 10.6. The van der Waals surface area contributed by atoms with Crippen LogP contribution in [0.1, 0.15) is 6.42 Å². The Balaban J connectivity index is 1.70. The third kappa shape index (κ3) is 1.65. The molecule has 1 saturated heterocycles. The first-order valence-electron chi connectivity index (χ1n) is 5.17. The Morgan fingerprint density at radius 3 is 2.60 bits per heavy atom. The summed E-state index contributed by atoms with van der Waals surface area (Å²) in [5.74, 6) is 3.03. The molecule has 0 spiro atoms. The van der Waals surface area contributed by atoms with Crippen molar-refractivity contribution in [3.63, 3.8) is 0 Å². The lowest BCUT2D eigenvalue weighted by molar-refractivity contribution is 0.451. The number of aromatic nitrogens is 2. The number of rotatable bonds is 3. The van der Waals surface area contributed by atoms with Crippen LogP contribution in [0.5, 0.6) is 5.75 Å². The predicted molar refractivity (Wildman–Crippen MR) is 55.8 cm³/mol. The summed E-state index contributed by atoms with van der Waals surface area (Å²) < 4.78 is 4.87.